The van der Waals surface area contributed by atoms with Gasteiger partial charge in [0, 0.05) is 5.54 Å². The second kappa shape index (κ2) is 7.14. The van der Waals surface area contributed by atoms with E-state index in [0.717, 1.165) is 17.7 Å². The first-order chi connectivity index (χ1) is 8.99. The van der Waals surface area contributed by atoms with Gasteiger partial charge in [-0.1, -0.05) is 19.1 Å². The van der Waals surface area contributed by atoms with E-state index in [1.807, 2.05) is 31.2 Å². The summed E-state index contributed by atoms with van der Waals surface area (Å²) in [6.07, 6.45) is 1.13. The first-order valence-corrected chi connectivity index (χ1v) is 6.67. The molecule has 0 aliphatic carbocycles. The van der Waals surface area contributed by atoms with Crippen molar-refractivity contribution in [2.45, 2.75) is 39.2 Å². The van der Waals surface area contributed by atoms with Gasteiger partial charge in [-0.15, -0.1) is 0 Å². The molecule has 0 fully saturated rings. The van der Waals surface area contributed by atoms with E-state index < -0.39 is 5.54 Å². The molecule has 0 amide bonds. The molecule has 1 atom stereocenters. The van der Waals surface area contributed by atoms with Gasteiger partial charge in [0.2, 0.25) is 0 Å². The van der Waals surface area contributed by atoms with Crippen LogP contribution in [0.5, 0.6) is 5.75 Å². The Morgan fingerprint density at radius 3 is 2.42 bits per heavy atom. The molecule has 1 aromatic rings. The van der Waals surface area contributed by atoms with Crippen LogP contribution in [0.25, 0.3) is 0 Å². The molecule has 19 heavy (non-hydrogen) atoms. The maximum absolute atomic E-state index is 11.5. The predicted octanol–water partition coefficient (Wildman–Crippen LogP) is 2.60. The maximum atomic E-state index is 11.5. The van der Waals surface area contributed by atoms with Crippen LogP contribution in [-0.2, 0) is 15.1 Å². The highest BCUT2D eigenvalue weighted by atomic mass is 16.5. The van der Waals surface area contributed by atoms with E-state index in [2.05, 4.69) is 6.92 Å². The number of esters is 1. The van der Waals surface area contributed by atoms with E-state index in [0.29, 0.717) is 13.2 Å². The predicted molar refractivity (Wildman–Crippen MR) is 75.0 cm³/mol. The van der Waals surface area contributed by atoms with Gasteiger partial charge in [0.15, 0.2) is 0 Å². The van der Waals surface area contributed by atoms with Gasteiger partial charge in [-0.25, -0.2) is 0 Å². The van der Waals surface area contributed by atoms with Gasteiger partial charge in [0.1, 0.15) is 5.75 Å². The number of rotatable bonds is 7. The summed E-state index contributed by atoms with van der Waals surface area (Å²) >= 11 is 0. The molecule has 0 aliphatic heterocycles. The molecular weight excluding hydrogens is 242 g/mol. The number of nitrogens with two attached hydrogens (primary N) is 1. The Morgan fingerprint density at radius 1 is 1.26 bits per heavy atom. The standard InChI is InChI=1S/C15H23NO3/c1-4-10-19-13-8-6-12(7-9-13)15(3,16)11-14(17)18-5-2/h6-9H,4-5,10-11,16H2,1-3H3. The third-order valence-corrected chi connectivity index (χ3v) is 2.80. The third kappa shape index (κ3) is 4.91. The van der Waals surface area contributed by atoms with Crippen molar-refractivity contribution >= 4 is 5.97 Å². The van der Waals surface area contributed by atoms with Crippen molar-refractivity contribution < 1.29 is 14.3 Å². The number of benzene rings is 1. The van der Waals surface area contributed by atoms with Crippen LogP contribution in [0, 0.1) is 0 Å². The summed E-state index contributed by atoms with van der Waals surface area (Å²) in [5.41, 5.74) is 6.34. The molecule has 106 valence electrons. The van der Waals surface area contributed by atoms with Crippen LogP contribution < -0.4 is 10.5 Å². The summed E-state index contributed by atoms with van der Waals surface area (Å²) in [5, 5.41) is 0. The molecule has 1 aromatic carbocycles. The van der Waals surface area contributed by atoms with E-state index in [4.69, 9.17) is 15.2 Å². The van der Waals surface area contributed by atoms with Crippen molar-refractivity contribution in [3.8, 4) is 5.75 Å². The van der Waals surface area contributed by atoms with Crippen molar-refractivity contribution in [2.75, 3.05) is 13.2 Å². The van der Waals surface area contributed by atoms with Crippen molar-refractivity contribution in [1.29, 1.82) is 0 Å². The Labute approximate surface area is 114 Å². The Balaban J connectivity index is 2.69. The van der Waals surface area contributed by atoms with E-state index >= 15 is 0 Å². The van der Waals surface area contributed by atoms with Crippen LogP contribution in [-0.4, -0.2) is 19.2 Å². The largest absolute Gasteiger partial charge is 0.494 e. The molecule has 0 aromatic heterocycles. The summed E-state index contributed by atoms with van der Waals surface area (Å²) in [7, 11) is 0. The molecule has 0 bridgehead atoms. The van der Waals surface area contributed by atoms with Crippen LogP contribution in [0.1, 0.15) is 39.2 Å². The zero-order valence-corrected chi connectivity index (χ0v) is 11.9. The van der Waals surface area contributed by atoms with Crippen LogP contribution in [0.3, 0.4) is 0 Å². The summed E-state index contributed by atoms with van der Waals surface area (Å²) in [4.78, 5) is 11.5. The lowest BCUT2D eigenvalue weighted by Crippen LogP contribution is -2.36. The summed E-state index contributed by atoms with van der Waals surface area (Å²) < 4.78 is 10.4. The van der Waals surface area contributed by atoms with Crippen LogP contribution in [0.15, 0.2) is 24.3 Å². The SMILES string of the molecule is CCCOc1ccc(C(C)(N)CC(=O)OCC)cc1. The van der Waals surface area contributed by atoms with Gasteiger partial charge < -0.3 is 15.2 Å². The quantitative estimate of drug-likeness (QED) is 0.770. The highest BCUT2D eigenvalue weighted by molar-refractivity contribution is 5.71. The fourth-order valence-electron chi connectivity index (χ4n) is 1.77. The van der Waals surface area contributed by atoms with E-state index in [-0.39, 0.29) is 12.4 Å². The van der Waals surface area contributed by atoms with Gasteiger partial charge in [0.25, 0.3) is 0 Å². The molecule has 4 nitrogen and oxygen atoms in total. The first-order valence-electron chi connectivity index (χ1n) is 6.67. The van der Waals surface area contributed by atoms with Gasteiger partial charge in [-0.3, -0.25) is 4.79 Å². The number of carbonyl (C=O) groups is 1. The maximum Gasteiger partial charge on any atom is 0.307 e. The minimum absolute atomic E-state index is 0.163. The summed E-state index contributed by atoms with van der Waals surface area (Å²) in [5.74, 6) is 0.538. The molecule has 0 aliphatic rings. The van der Waals surface area contributed by atoms with Gasteiger partial charge in [-0.2, -0.15) is 0 Å². The Morgan fingerprint density at radius 2 is 1.89 bits per heavy atom. The van der Waals surface area contributed by atoms with Crippen molar-refractivity contribution in [3.63, 3.8) is 0 Å². The van der Waals surface area contributed by atoms with Crippen LogP contribution in [0.2, 0.25) is 0 Å². The molecular formula is C15H23NO3. The van der Waals surface area contributed by atoms with E-state index in [9.17, 15) is 4.79 Å². The number of hydrogen-bond donors (Lipinski definition) is 1. The second-order valence-corrected chi connectivity index (χ2v) is 4.77. The van der Waals surface area contributed by atoms with Gasteiger partial charge >= 0.3 is 5.97 Å². The van der Waals surface area contributed by atoms with Gasteiger partial charge in [0.05, 0.1) is 19.6 Å². The number of carbonyl (C=O) groups excluding carboxylic acids is 1. The Kier molecular flexibility index (Phi) is 5.83. The molecule has 0 saturated heterocycles. The molecule has 1 rings (SSSR count). The minimum Gasteiger partial charge on any atom is -0.494 e. The summed E-state index contributed by atoms with van der Waals surface area (Å²) in [6, 6.07) is 7.54. The molecule has 4 heteroatoms. The smallest absolute Gasteiger partial charge is 0.307 e. The summed E-state index contributed by atoms with van der Waals surface area (Å²) in [6.45, 7) is 6.74. The number of ether oxygens (including phenoxy) is 2. The molecule has 0 saturated carbocycles. The topological polar surface area (TPSA) is 61.5 Å². The van der Waals surface area contributed by atoms with Crippen LogP contribution >= 0.6 is 0 Å². The van der Waals surface area contributed by atoms with Crippen molar-refractivity contribution in [2.24, 2.45) is 5.73 Å². The lowest BCUT2D eigenvalue weighted by molar-refractivity contribution is -0.144. The average molecular weight is 265 g/mol. The van der Waals surface area contributed by atoms with Gasteiger partial charge in [-0.05, 0) is 38.0 Å². The Hall–Kier alpha value is -1.55. The third-order valence-electron chi connectivity index (χ3n) is 2.80. The lowest BCUT2D eigenvalue weighted by atomic mass is 9.90. The fourth-order valence-corrected chi connectivity index (χ4v) is 1.77. The second-order valence-electron chi connectivity index (χ2n) is 4.77. The zero-order valence-electron chi connectivity index (χ0n) is 11.9. The Bertz CT molecular complexity index is 398. The zero-order chi connectivity index (χ0) is 14.3. The molecule has 2 N–H and O–H groups in total. The average Bonchev–Trinajstić information content (AvgIpc) is 2.36. The minimum atomic E-state index is -0.727. The van der Waals surface area contributed by atoms with E-state index in [1.54, 1.807) is 6.92 Å². The van der Waals surface area contributed by atoms with Crippen molar-refractivity contribution in [1.82, 2.24) is 0 Å². The highest BCUT2D eigenvalue weighted by Crippen LogP contribution is 2.24. The van der Waals surface area contributed by atoms with E-state index in [1.165, 1.54) is 0 Å². The highest BCUT2D eigenvalue weighted by Gasteiger charge is 2.25. The number of hydrogen-bond acceptors (Lipinski definition) is 4. The molecule has 0 radical (unpaired) electrons. The first kappa shape index (κ1) is 15.5. The molecule has 0 spiro atoms. The monoisotopic (exact) mass is 265 g/mol. The molecule has 1 unspecified atom stereocenters. The fraction of sp³-hybridized carbons (Fsp3) is 0.533. The normalized spacial score (nSPS) is 13.7. The molecule has 0 heterocycles. The van der Waals surface area contributed by atoms with Crippen molar-refractivity contribution in [3.05, 3.63) is 29.8 Å². The lowest BCUT2D eigenvalue weighted by Gasteiger charge is -2.24. The van der Waals surface area contributed by atoms with Crippen LogP contribution in [0.4, 0.5) is 0 Å².